The third-order valence-electron chi connectivity index (χ3n) is 6.46. The number of methoxy groups -OCH3 is 1. The average Bonchev–Trinajstić information content (AvgIpc) is 2.96. The number of carbonyl (C=O) groups is 1. The van der Waals surface area contributed by atoms with E-state index in [1.165, 1.54) is 12.7 Å². The van der Waals surface area contributed by atoms with Gasteiger partial charge in [0, 0.05) is 18.3 Å². The third-order valence-corrected chi connectivity index (χ3v) is 6.46. The van der Waals surface area contributed by atoms with Crippen LogP contribution < -0.4 is 0 Å². The maximum atomic E-state index is 12.5. The Hall–Kier alpha value is -1.88. The van der Waals surface area contributed by atoms with Crippen LogP contribution in [0.3, 0.4) is 0 Å². The van der Waals surface area contributed by atoms with Crippen LogP contribution in [-0.4, -0.2) is 40.3 Å². The lowest BCUT2D eigenvalue weighted by atomic mass is 9.64. The van der Waals surface area contributed by atoms with Gasteiger partial charge < -0.3 is 9.84 Å². The number of pyridine rings is 1. The van der Waals surface area contributed by atoms with Crippen LogP contribution in [0.2, 0.25) is 0 Å². The molecule has 1 saturated carbocycles. The van der Waals surface area contributed by atoms with Crippen molar-refractivity contribution in [2.45, 2.75) is 37.3 Å². The van der Waals surface area contributed by atoms with E-state index in [2.05, 4.69) is 11.6 Å². The lowest BCUT2D eigenvalue weighted by Gasteiger charge is -2.53. The maximum absolute atomic E-state index is 12.5. The highest BCUT2D eigenvalue weighted by Crippen LogP contribution is 2.56. The van der Waals surface area contributed by atoms with Gasteiger partial charge in [-0.05, 0) is 54.7 Å². The summed E-state index contributed by atoms with van der Waals surface area (Å²) in [6.07, 6.45) is 9.03. The fourth-order valence-corrected chi connectivity index (χ4v) is 5.41. The SMILES string of the molecule is C=C[C@@H]1CC[C@H]2[C@@H]3CCc4cnccc4[C@@H]3N(C(=O)OC)C[C@@]12O. The summed E-state index contributed by atoms with van der Waals surface area (Å²) >= 11 is 0. The Morgan fingerprint density at radius 3 is 3.08 bits per heavy atom. The van der Waals surface area contributed by atoms with Crippen LogP contribution in [0, 0.1) is 17.8 Å². The van der Waals surface area contributed by atoms with Crippen molar-refractivity contribution in [3.8, 4) is 0 Å². The molecule has 1 aromatic heterocycles. The molecule has 2 heterocycles. The van der Waals surface area contributed by atoms with Gasteiger partial charge in [0.2, 0.25) is 0 Å². The van der Waals surface area contributed by atoms with Crippen LogP contribution in [0.1, 0.15) is 36.4 Å². The second-order valence-corrected chi connectivity index (χ2v) is 7.34. The molecule has 0 unspecified atom stereocenters. The molecule has 24 heavy (non-hydrogen) atoms. The van der Waals surface area contributed by atoms with Gasteiger partial charge in [-0.25, -0.2) is 4.79 Å². The monoisotopic (exact) mass is 328 g/mol. The Bertz CT molecular complexity index is 676. The predicted molar refractivity (Wildman–Crippen MR) is 89.3 cm³/mol. The van der Waals surface area contributed by atoms with Crippen molar-refractivity contribution in [3.05, 3.63) is 42.2 Å². The molecule has 3 aliphatic rings. The lowest BCUT2D eigenvalue weighted by Crippen LogP contribution is -2.61. The second kappa shape index (κ2) is 5.59. The molecule has 5 atom stereocenters. The first-order chi connectivity index (χ1) is 11.6. The van der Waals surface area contributed by atoms with Crippen molar-refractivity contribution < 1.29 is 14.6 Å². The smallest absolute Gasteiger partial charge is 0.410 e. The van der Waals surface area contributed by atoms with Crippen molar-refractivity contribution >= 4 is 6.09 Å². The van der Waals surface area contributed by atoms with E-state index in [1.807, 2.05) is 18.3 Å². The molecule has 4 rings (SSSR count). The van der Waals surface area contributed by atoms with Gasteiger partial charge >= 0.3 is 6.09 Å². The molecule has 1 aliphatic heterocycles. The van der Waals surface area contributed by atoms with Crippen LogP contribution in [-0.2, 0) is 11.2 Å². The number of likely N-dealkylation sites (tertiary alicyclic amines) is 1. The van der Waals surface area contributed by atoms with Crippen molar-refractivity contribution in [1.82, 2.24) is 9.88 Å². The first-order valence-corrected chi connectivity index (χ1v) is 8.72. The number of carbonyl (C=O) groups excluding carboxylic acids is 1. The molecule has 0 aromatic carbocycles. The number of ether oxygens (including phenoxy) is 1. The van der Waals surface area contributed by atoms with E-state index in [1.54, 1.807) is 11.1 Å². The number of β-amino-alcohol motifs (C(OH)–C–C–N with tert-alkyl or cyclic N) is 1. The zero-order valence-electron chi connectivity index (χ0n) is 14.0. The number of amides is 1. The highest BCUT2D eigenvalue weighted by atomic mass is 16.5. The van der Waals surface area contributed by atoms with Crippen molar-refractivity contribution in [1.29, 1.82) is 0 Å². The Labute approximate surface area is 142 Å². The number of aryl methyl sites for hydroxylation is 1. The molecule has 128 valence electrons. The zero-order chi connectivity index (χ0) is 16.9. The number of hydrogen-bond donors (Lipinski definition) is 1. The second-order valence-electron chi connectivity index (χ2n) is 7.34. The van der Waals surface area contributed by atoms with E-state index < -0.39 is 5.60 Å². The van der Waals surface area contributed by atoms with E-state index in [4.69, 9.17) is 4.74 Å². The Balaban J connectivity index is 1.81. The largest absolute Gasteiger partial charge is 0.453 e. The van der Waals surface area contributed by atoms with E-state index in [9.17, 15) is 9.90 Å². The predicted octanol–water partition coefficient (Wildman–Crippen LogP) is 2.71. The Kier molecular flexibility index (Phi) is 3.64. The Morgan fingerprint density at radius 1 is 1.50 bits per heavy atom. The maximum Gasteiger partial charge on any atom is 0.410 e. The van der Waals surface area contributed by atoms with E-state index in [0.717, 1.165) is 31.2 Å². The number of piperidine rings is 1. The van der Waals surface area contributed by atoms with Crippen LogP contribution in [0.25, 0.3) is 0 Å². The minimum absolute atomic E-state index is 0.0296. The van der Waals surface area contributed by atoms with Crippen LogP contribution in [0.4, 0.5) is 4.79 Å². The molecular weight excluding hydrogens is 304 g/mol. The summed E-state index contributed by atoms with van der Waals surface area (Å²) in [7, 11) is 1.41. The molecule has 5 heteroatoms. The summed E-state index contributed by atoms with van der Waals surface area (Å²) < 4.78 is 5.05. The summed E-state index contributed by atoms with van der Waals surface area (Å²) in [5.74, 6) is 0.491. The fourth-order valence-electron chi connectivity index (χ4n) is 5.41. The van der Waals surface area contributed by atoms with Crippen molar-refractivity contribution in [3.63, 3.8) is 0 Å². The van der Waals surface area contributed by atoms with Crippen molar-refractivity contribution in [2.75, 3.05) is 13.7 Å². The minimum Gasteiger partial charge on any atom is -0.453 e. The highest BCUT2D eigenvalue weighted by Gasteiger charge is 2.59. The van der Waals surface area contributed by atoms with Gasteiger partial charge in [0.25, 0.3) is 0 Å². The molecule has 0 spiro atoms. The molecule has 1 saturated heterocycles. The number of aromatic nitrogens is 1. The number of nitrogens with zero attached hydrogens (tertiary/aromatic N) is 2. The molecule has 1 amide bonds. The lowest BCUT2D eigenvalue weighted by molar-refractivity contribution is -0.122. The summed E-state index contributed by atoms with van der Waals surface area (Å²) in [4.78, 5) is 18.5. The van der Waals surface area contributed by atoms with Gasteiger partial charge in [-0.15, -0.1) is 6.58 Å². The van der Waals surface area contributed by atoms with Gasteiger partial charge in [-0.1, -0.05) is 6.08 Å². The fraction of sp³-hybridized carbons (Fsp3) is 0.579. The van der Waals surface area contributed by atoms with Crippen molar-refractivity contribution in [2.24, 2.45) is 17.8 Å². The standard InChI is InChI=1S/C19H24N2O3/c1-3-13-5-7-16-15-6-4-12-10-20-9-8-14(12)17(15)21(18(22)24-2)11-19(13,16)23/h3,8-10,13,15-17,23H,1,4-7,11H2,2H3/t13-,15+,16+,17+,19-/m1/s1. The van der Waals surface area contributed by atoms with Gasteiger partial charge in [-0.3, -0.25) is 9.88 Å². The first kappa shape index (κ1) is 15.6. The molecule has 5 nitrogen and oxygen atoms in total. The summed E-state index contributed by atoms with van der Waals surface area (Å²) in [6.45, 7) is 4.22. The number of fused-ring (bicyclic) bond motifs is 5. The first-order valence-electron chi connectivity index (χ1n) is 8.72. The molecule has 2 fully saturated rings. The van der Waals surface area contributed by atoms with Gasteiger partial charge in [0.1, 0.15) is 0 Å². The van der Waals surface area contributed by atoms with Crippen LogP contribution in [0.5, 0.6) is 0 Å². The summed E-state index contributed by atoms with van der Waals surface area (Å²) in [5.41, 5.74) is 1.48. The normalized spacial score (nSPS) is 37.2. The van der Waals surface area contributed by atoms with E-state index in [0.29, 0.717) is 6.54 Å². The third kappa shape index (κ3) is 2.04. The number of rotatable bonds is 1. The minimum atomic E-state index is -0.887. The molecular formula is C19H24N2O3. The number of hydrogen-bond acceptors (Lipinski definition) is 4. The molecule has 2 aliphatic carbocycles. The molecule has 0 bridgehead atoms. The average molecular weight is 328 g/mol. The van der Waals surface area contributed by atoms with Crippen LogP contribution in [0.15, 0.2) is 31.1 Å². The van der Waals surface area contributed by atoms with Gasteiger partial charge in [-0.2, -0.15) is 0 Å². The Morgan fingerprint density at radius 2 is 2.33 bits per heavy atom. The van der Waals surface area contributed by atoms with Gasteiger partial charge in [0.05, 0.1) is 25.3 Å². The molecule has 1 aromatic rings. The zero-order valence-corrected chi connectivity index (χ0v) is 14.0. The quantitative estimate of drug-likeness (QED) is 0.805. The highest BCUT2D eigenvalue weighted by molar-refractivity contribution is 5.69. The summed E-state index contributed by atoms with van der Waals surface area (Å²) in [6, 6.07) is 1.99. The van der Waals surface area contributed by atoms with E-state index >= 15 is 0 Å². The summed E-state index contributed by atoms with van der Waals surface area (Å²) in [5, 5.41) is 11.4. The topological polar surface area (TPSA) is 62.7 Å². The molecule has 1 N–H and O–H groups in total. The van der Waals surface area contributed by atoms with Crippen LogP contribution >= 0.6 is 0 Å². The van der Waals surface area contributed by atoms with E-state index in [-0.39, 0.29) is 29.9 Å². The number of aliphatic hydroxyl groups is 1. The molecule has 0 radical (unpaired) electrons. The van der Waals surface area contributed by atoms with Gasteiger partial charge in [0.15, 0.2) is 0 Å².